The van der Waals surface area contributed by atoms with Gasteiger partial charge < -0.3 is 16.4 Å². The van der Waals surface area contributed by atoms with Gasteiger partial charge in [0.25, 0.3) is 0 Å². The molecule has 0 N–H and O–H groups in total. The predicted molar refractivity (Wildman–Crippen MR) is 7.81 cm³/mol. The summed E-state index contributed by atoms with van der Waals surface area (Å²) >= 11 is 0. The molecule has 0 aliphatic rings. The molecule has 0 rings (SSSR count). The Kier molecular flexibility index (Phi) is 844. The first kappa shape index (κ1) is 86.2. The van der Waals surface area contributed by atoms with Crippen LogP contribution < -0.4 is 0 Å². The molecule has 0 heterocycles. The van der Waals surface area contributed by atoms with Gasteiger partial charge in [-0.05, 0) is 0 Å². The van der Waals surface area contributed by atoms with Crippen molar-refractivity contribution < 1.29 is 42.3 Å². The van der Waals surface area contributed by atoms with Crippen LogP contribution in [0, 0.1) is 0 Å². The van der Waals surface area contributed by atoms with Crippen molar-refractivity contribution in [3.63, 3.8) is 0 Å². The first-order valence-electron chi connectivity index (χ1n) is 0. The van der Waals surface area contributed by atoms with Gasteiger partial charge in [0, 0.05) is 0 Å². The molecule has 0 spiro atoms. The fraction of sp³-hybridized carbons (Fsp3) is 0. The molecule has 24 valence electrons. The Morgan fingerprint density at radius 3 is 0.600 bits per heavy atom. The van der Waals surface area contributed by atoms with Crippen LogP contribution in [0.2, 0.25) is 0 Å². The van der Waals surface area contributed by atoms with Crippen molar-refractivity contribution in [2.75, 3.05) is 0 Å². The van der Waals surface area contributed by atoms with E-state index in [9.17, 15) is 0 Å². The molecule has 0 aliphatic heterocycles. The molecule has 0 bridgehead atoms. The Balaban J connectivity index is 0. The van der Waals surface area contributed by atoms with Gasteiger partial charge in [-0.25, -0.2) is 0 Å². The number of hydrogen-bond acceptors (Lipinski definition) is 0. The van der Waals surface area contributed by atoms with Gasteiger partial charge in [-0.15, -0.1) is 0 Å². The molecule has 3 nitrogen and oxygen atoms in total. The van der Waals surface area contributed by atoms with E-state index < -0.39 is 0 Å². The number of hydrogen-bond donors (Lipinski definition) is 0. The number of rotatable bonds is 0. The van der Waals surface area contributed by atoms with Crippen LogP contribution in [0.3, 0.4) is 0 Å². The monoisotopic (exact) mass is 252 g/mol. The zero-order chi connectivity index (χ0) is 0. The van der Waals surface area contributed by atoms with Gasteiger partial charge in [0.15, 0.2) is 0 Å². The molecule has 0 aromatic rings. The van der Waals surface area contributed by atoms with Gasteiger partial charge in [-0.1, -0.05) is 0 Å². The van der Waals surface area contributed by atoms with E-state index in [1.54, 1.807) is 0 Å². The van der Waals surface area contributed by atoms with Crippen molar-refractivity contribution >= 4 is 23.1 Å². The summed E-state index contributed by atoms with van der Waals surface area (Å²) in [6, 6.07) is 0. The van der Waals surface area contributed by atoms with Crippen molar-refractivity contribution in [2.24, 2.45) is 0 Å². The van der Waals surface area contributed by atoms with Gasteiger partial charge in [0.2, 0.25) is 0 Å². The predicted octanol–water partition coefficient (Wildman–Crippen LogP) is -0.740. The standard InChI is InChI=1S/Hf.Mg.3O/q+4;+2;3*-2. The third-order valence-electron chi connectivity index (χ3n) is 0. The minimum absolute atomic E-state index is 0. The molecule has 0 saturated heterocycles. The van der Waals surface area contributed by atoms with E-state index in [1.165, 1.54) is 0 Å². The van der Waals surface area contributed by atoms with Gasteiger partial charge in [0.05, 0.1) is 0 Å². The second kappa shape index (κ2) is 48.9. The zero-order valence-corrected chi connectivity index (χ0v) is 7.44. The second-order valence-corrected chi connectivity index (χ2v) is 0. The van der Waals surface area contributed by atoms with Gasteiger partial charge >= 0.3 is 48.9 Å². The summed E-state index contributed by atoms with van der Waals surface area (Å²) in [5, 5.41) is 0. The van der Waals surface area contributed by atoms with E-state index >= 15 is 0 Å². The SMILES string of the molecule is [Hf+4].[Mg+2].[O-2].[O-2].[O-2]. The van der Waals surface area contributed by atoms with Crippen LogP contribution in [-0.2, 0) is 42.3 Å². The Hall–Kier alpha value is 1.52. The Bertz CT molecular complexity index is 6.85. The summed E-state index contributed by atoms with van der Waals surface area (Å²) in [6.07, 6.45) is 0. The van der Waals surface area contributed by atoms with Gasteiger partial charge in [-0.2, -0.15) is 0 Å². The molecular formula is HfMgO3. The van der Waals surface area contributed by atoms with Crippen LogP contribution >= 0.6 is 0 Å². The summed E-state index contributed by atoms with van der Waals surface area (Å²) in [7, 11) is 0. The van der Waals surface area contributed by atoms with Crippen LogP contribution in [0.25, 0.3) is 0 Å². The Morgan fingerprint density at radius 1 is 0.600 bits per heavy atom. The smallest absolute Gasteiger partial charge is 2.00 e. The maximum atomic E-state index is 0. The van der Waals surface area contributed by atoms with E-state index in [0.717, 1.165) is 0 Å². The molecule has 0 saturated carbocycles. The van der Waals surface area contributed by atoms with Crippen molar-refractivity contribution in [3.8, 4) is 0 Å². The van der Waals surface area contributed by atoms with Crippen LogP contribution in [0.15, 0.2) is 0 Å². The summed E-state index contributed by atoms with van der Waals surface area (Å²) in [5.41, 5.74) is 0. The van der Waals surface area contributed by atoms with Crippen LogP contribution in [0.5, 0.6) is 0 Å². The third kappa shape index (κ3) is 29.7. The molecule has 0 amide bonds. The van der Waals surface area contributed by atoms with Gasteiger partial charge in [-0.3, -0.25) is 0 Å². The van der Waals surface area contributed by atoms with E-state index in [0.29, 0.717) is 0 Å². The quantitative estimate of drug-likeness (QED) is 0.507. The van der Waals surface area contributed by atoms with E-state index in [1.807, 2.05) is 0 Å². The van der Waals surface area contributed by atoms with Crippen molar-refractivity contribution in [1.29, 1.82) is 0 Å². The molecule has 0 aliphatic carbocycles. The van der Waals surface area contributed by atoms with Crippen LogP contribution in [0.4, 0.5) is 0 Å². The molecule has 0 aromatic carbocycles. The van der Waals surface area contributed by atoms with Crippen LogP contribution in [0.1, 0.15) is 0 Å². The van der Waals surface area contributed by atoms with E-state index in [-0.39, 0.29) is 65.3 Å². The zero-order valence-electron chi connectivity index (χ0n) is 2.43. The first-order chi connectivity index (χ1) is 0. The normalized spacial score (nSPS) is 0. The van der Waals surface area contributed by atoms with Crippen molar-refractivity contribution in [1.82, 2.24) is 0 Å². The fourth-order valence-electron chi connectivity index (χ4n) is 0. The minimum atomic E-state index is 0. The third-order valence-corrected chi connectivity index (χ3v) is 0. The topological polar surface area (TPSA) is 85.5 Å². The summed E-state index contributed by atoms with van der Waals surface area (Å²) in [5.74, 6) is 0. The van der Waals surface area contributed by atoms with Gasteiger partial charge in [0.1, 0.15) is 0 Å². The van der Waals surface area contributed by atoms with E-state index in [2.05, 4.69) is 0 Å². The molecular weight excluding hydrogens is 251 g/mol. The average Bonchev–Trinajstić information content (AvgIpc) is 0. The molecule has 5 heteroatoms. The summed E-state index contributed by atoms with van der Waals surface area (Å²) < 4.78 is 0. The first-order valence-corrected chi connectivity index (χ1v) is 0. The van der Waals surface area contributed by atoms with Crippen LogP contribution in [-0.4, -0.2) is 23.1 Å². The average molecular weight is 251 g/mol. The molecule has 5 heavy (non-hydrogen) atoms. The fourth-order valence-corrected chi connectivity index (χ4v) is 0. The van der Waals surface area contributed by atoms with Crippen molar-refractivity contribution in [2.45, 2.75) is 0 Å². The maximum absolute atomic E-state index is 0. The second-order valence-electron chi connectivity index (χ2n) is 0. The largest absolute Gasteiger partial charge is 4.00 e. The Morgan fingerprint density at radius 2 is 0.600 bits per heavy atom. The minimum Gasteiger partial charge on any atom is -2.00 e. The summed E-state index contributed by atoms with van der Waals surface area (Å²) in [4.78, 5) is 0. The molecule has 0 atom stereocenters. The maximum Gasteiger partial charge on any atom is 4.00 e. The van der Waals surface area contributed by atoms with E-state index in [4.69, 9.17) is 0 Å². The Labute approximate surface area is 65.0 Å². The molecule has 0 radical (unpaired) electrons. The molecule has 0 fully saturated rings. The molecule has 0 unspecified atom stereocenters. The molecule has 0 aromatic heterocycles. The summed E-state index contributed by atoms with van der Waals surface area (Å²) in [6.45, 7) is 0. The van der Waals surface area contributed by atoms with Crippen molar-refractivity contribution in [3.05, 3.63) is 0 Å².